The third kappa shape index (κ3) is 0.825. The first-order valence-corrected chi connectivity index (χ1v) is 4.17. The molecule has 1 atom stereocenters. The molecule has 2 nitrogen and oxygen atoms in total. The van der Waals surface area contributed by atoms with Gasteiger partial charge < -0.3 is 4.90 Å². The Kier molecular flexibility index (Phi) is 1.40. The standard InChI is InChI=1S/C8H13NO/c10-8-6-7-4-2-1-3-5-9(7)8/h7H,1-6H2. The maximum Gasteiger partial charge on any atom is 0.224 e. The Bertz CT molecular complexity index is 155. The number of carbonyl (C=O) groups excluding carboxylic acids is 1. The fraction of sp³-hybridized carbons (Fsp3) is 0.875. The van der Waals surface area contributed by atoms with Crippen LogP contribution < -0.4 is 0 Å². The summed E-state index contributed by atoms with van der Waals surface area (Å²) in [7, 11) is 0. The Hall–Kier alpha value is -0.530. The van der Waals surface area contributed by atoms with Crippen molar-refractivity contribution in [2.45, 2.75) is 38.1 Å². The second-order valence-electron chi connectivity index (χ2n) is 3.29. The summed E-state index contributed by atoms with van der Waals surface area (Å²) >= 11 is 0. The molecule has 0 aromatic rings. The van der Waals surface area contributed by atoms with E-state index < -0.39 is 0 Å². The largest absolute Gasteiger partial charge is 0.339 e. The molecule has 0 aromatic heterocycles. The lowest BCUT2D eigenvalue weighted by Crippen LogP contribution is -2.51. The molecule has 2 aliphatic heterocycles. The van der Waals surface area contributed by atoms with E-state index in [1.165, 1.54) is 25.7 Å². The van der Waals surface area contributed by atoms with E-state index >= 15 is 0 Å². The lowest BCUT2D eigenvalue weighted by atomic mass is 9.99. The van der Waals surface area contributed by atoms with Crippen molar-refractivity contribution in [3.63, 3.8) is 0 Å². The van der Waals surface area contributed by atoms with E-state index in [0.717, 1.165) is 13.0 Å². The molecule has 2 aliphatic rings. The summed E-state index contributed by atoms with van der Waals surface area (Å²) in [6, 6.07) is 0.634. The topological polar surface area (TPSA) is 20.3 Å². The molecule has 0 bridgehead atoms. The Morgan fingerprint density at radius 2 is 2.20 bits per heavy atom. The van der Waals surface area contributed by atoms with Crippen molar-refractivity contribution in [2.24, 2.45) is 0 Å². The molecule has 0 saturated carbocycles. The predicted octanol–water partition coefficient (Wildman–Crippen LogP) is 1.16. The predicted molar refractivity (Wildman–Crippen MR) is 38.6 cm³/mol. The number of hydrogen-bond acceptors (Lipinski definition) is 1. The highest BCUT2D eigenvalue weighted by Gasteiger charge is 2.35. The minimum Gasteiger partial charge on any atom is -0.339 e. The fourth-order valence-corrected chi connectivity index (χ4v) is 1.92. The van der Waals surface area contributed by atoms with E-state index in [1.807, 2.05) is 4.90 Å². The highest BCUT2D eigenvalue weighted by molar-refractivity contribution is 5.83. The minimum absolute atomic E-state index is 0.381. The van der Waals surface area contributed by atoms with Gasteiger partial charge in [-0.2, -0.15) is 0 Å². The summed E-state index contributed by atoms with van der Waals surface area (Å²) in [6.45, 7) is 1.03. The third-order valence-corrected chi connectivity index (χ3v) is 2.61. The molecule has 0 spiro atoms. The second-order valence-corrected chi connectivity index (χ2v) is 3.29. The van der Waals surface area contributed by atoms with Crippen LogP contribution in [-0.4, -0.2) is 23.4 Å². The zero-order valence-corrected chi connectivity index (χ0v) is 6.18. The number of β-lactam (4-membered cyclic amide) rings is 1. The van der Waals surface area contributed by atoms with E-state index in [2.05, 4.69) is 0 Å². The number of nitrogens with zero attached hydrogens (tertiary/aromatic N) is 1. The van der Waals surface area contributed by atoms with E-state index in [9.17, 15) is 4.79 Å². The number of fused-ring (bicyclic) bond motifs is 1. The summed E-state index contributed by atoms with van der Waals surface area (Å²) in [5.74, 6) is 0.381. The SMILES string of the molecule is O=C1CC2CCCCCN12. The van der Waals surface area contributed by atoms with E-state index in [-0.39, 0.29) is 0 Å². The molecule has 1 unspecified atom stereocenters. The molecular weight excluding hydrogens is 126 g/mol. The molecular formula is C8H13NO. The molecule has 0 aromatic carbocycles. The van der Waals surface area contributed by atoms with Crippen LogP contribution in [0.25, 0.3) is 0 Å². The van der Waals surface area contributed by atoms with E-state index in [1.54, 1.807) is 0 Å². The van der Waals surface area contributed by atoms with Gasteiger partial charge >= 0.3 is 0 Å². The first-order chi connectivity index (χ1) is 4.88. The maximum atomic E-state index is 10.9. The van der Waals surface area contributed by atoms with Gasteiger partial charge in [-0.25, -0.2) is 0 Å². The first kappa shape index (κ1) is 6.20. The second kappa shape index (κ2) is 2.26. The van der Waals surface area contributed by atoms with Crippen LogP contribution in [0.5, 0.6) is 0 Å². The van der Waals surface area contributed by atoms with Crippen molar-refractivity contribution in [2.75, 3.05) is 6.54 Å². The quantitative estimate of drug-likeness (QED) is 0.461. The van der Waals surface area contributed by atoms with Crippen LogP contribution in [0.15, 0.2) is 0 Å². The molecule has 1 amide bonds. The van der Waals surface area contributed by atoms with Crippen molar-refractivity contribution in [3.8, 4) is 0 Å². The van der Waals surface area contributed by atoms with Crippen LogP contribution in [0.1, 0.15) is 32.1 Å². The molecule has 0 aliphatic carbocycles. The van der Waals surface area contributed by atoms with Gasteiger partial charge in [0.05, 0.1) is 0 Å². The summed E-state index contributed by atoms with van der Waals surface area (Å²) < 4.78 is 0. The number of rotatable bonds is 0. The van der Waals surface area contributed by atoms with Crippen LogP contribution in [-0.2, 0) is 4.79 Å². The van der Waals surface area contributed by atoms with Gasteiger partial charge in [-0.3, -0.25) is 4.79 Å². The van der Waals surface area contributed by atoms with Gasteiger partial charge in [0.15, 0.2) is 0 Å². The van der Waals surface area contributed by atoms with Gasteiger partial charge in [0.2, 0.25) is 5.91 Å². The van der Waals surface area contributed by atoms with Gasteiger partial charge in [-0.05, 0) is 12.8 Å². The molecule has 2 fully saturated rings. The zero-order valence-electron chi connectivity index (χ0n) is 6.18. The molecule has 2 saturated heterocycles. The number of carbonyl (C=O) groups is 1. The van der Waals surface area contributed by atoms with Crippen molar-refractivity contribution < 1.29 is 4.79 Å². The molecule has 0 N–H and O–H groups in total. The van der Waals surface area contributed by atoms with Crippen LogP contribution in [0.2, 0.25) is 0 Å². The Labute approximate surface area is 61.2 Å². The van der Waals surface area contributed by atoms with Crippen molar-refractivity contribution in [3.05, 3.63) is 0 Å². The Morgan fingerprint density at radius 1 is 1.30 bits per heavy atom. The summed E-state index contributed by atoms with van der Waals surface area (Å²) in [6.07, 6.45) is 5.96. The van der Waals surface area contributed by atoms with Crippen LogP contribution in [0, 0.1) is 0 Å². The van der Waals surface area contributed by atoms with Gasteiger partial charge in [0, 0.05) is 19.0 Å². The summed E-state index contributed by atoms with van der Waals surface area (Å²) in [4.78, 5) is 13.0. The normalized spacial score (nSPS) is 32.6. The first-order valence-electron chi connectivity index (χ1n) is 4.17. The number of amides is 1. The third-order valence-electron chi connectivity index (χ3n) is 2.61. The zero-order chi connectivity index (χ0) is 6.97. The highest BCUT2D eigenvalue weighted by atomic mass is 16.2. The fourth-order valence-electron chi connectivity index (χ4n) is 1.92. The molecule has 2 heteroatoms. The molecule has 10 heavy (non-hydrogen) atoms. The van der Waals surface area contributed by atoms with Gasteiger partial charge in [0.25, 0.3) is 0 Å². The van der Waals surface area contributed by atoms with Gasteiger partial charge in [-0.1, -0.05) is 12.8 Å². The number of hydrogen-bond donors (Lipinski definition) is 0. The average molecular weight is 139 g/mol. The van der Waals surface area contributed by atoms with Crippen LogP contribution >= 0.6 is 0 Å². The van der Waals surface area contributed by atoms with E-state index in [0.29, 0.717) is 11.9 Å². The minimum atomic E-state index is 0.381. The Morgan fingerprint density at radius 3 is 3.00 bits per heavy atom. The lowest BCUT2D eigenvalue weighted by molar-refractivity contribution is -0.145. The summed E-state index contributed by atoms with van der Waals surface area (Å²) in [5.41, 5.74) is 0. The monoisotopic (exact) mass is 139 g/mol. The van der Waals surface area contributed by atoms with Crippen LogP contribution in [0.3, 0.4) is 0 Å². The lowest BCUT2D eigenvalue weighted by Gasteiger charge is -2.39. The van der Waals surface area contributed by atoms with Crippen molar-refractivity contribution in [1.82, 2.24) is 4.90 Å². The molecule has 56 valence electrons. The molecule has 2 rings (SSSR count). The van der Waals surface area contributed by atoms with Gasteiger partial charge in [-0.15, -0.1) is 0 Å². The Balaban J connectivity index is 1.99. The van der Waals surface area contributed by atoms with E-state index in [4.69, 9.17) is 0 Å². The van der Waals surface area contributed by atoms with Gasteiger partial charge in [0.1, 0.15) is 0 Å². The highest BCUT2D eigenvalue weighted by Crippen LogP contribution is 2.27. The molecule has 2 heterocycles. The summed E-state index contributed by atoms with van der Waals surface area (Å²) in [5, 5.41) is 0. The van der Waals surface area contributed by atoms with Crippen molar-refractivity contribution in [1.29, 1.82) is 0 Å². The average Bonchev–Trinajstić information content (AvgIpc) is 2.09. The molecule has 0 radical (unpaired) electrons. The smallest absolute Gasteiger partial charge is 0.224 e. The van der Waals surface area contributed by atoms with Crippen LogP contribution in [0.4, 0.5) is 0 Å². The van der Waals surface area contributed by atoms with Crippen molar-refractivity contribution >= 4 is 5.91 Å². The maximum absolute atomic E-state index is 10.9.